The van der Waals surface area contributed by atoms with E-state index in [0.717, 1.165) is 22.9 Å². The molecule has 1 aromatic carbocycles. The van der Waals surface area contributed by atoms with Crippen molar-refractivity contribution in [3.63, 3.8) is 0 Å². The number of nitrogens with one attached hydrogen (secondary N) is 1. The molecule has 2 unspecified atom stereocenters. The predicted octanol–water partition coefficient (Wildman–Crippen LogP) is 3.87. The van der Waals surface area contributed by atoms with Gasteiger partial charge in [-0.15, -0.1) is 0 Å². The first-order valence-electron chi connectivity index (χ1n) is 8.48. The molecule has 2 fully saturated rings. The number of nitriles is 1. The fraction of sp³-hybridized carbons (Fsp3) is 0.526. The van der Waals surface area contributed by atoms with Gasteiger partial charge in [-0.1, -0.05) is 6.92 Å². The van der Waals surface area contributed by atoms with Crippen LogP contribution in [0.3, 0.4) is 0 Å². The van der Waals surface area contributed by atoms with Crippen molar-refractivity contribution in [2.24, 2.45) is 11.8 Å². The van der Waals surface area contributed by atoms with E-state index in [2.05, 4.69) is 29.1 Å². The van der Waals surface area contributed by atoms with Gasteiger partial charge in [-0.2, -0.15) is 5.26 Å². The van der Waals surface area contributed by atoms with E-state index in [-0.39, 0.29) is 0 Å². The summed E-state index contributed by atoms with van der Waals surface area (Å²) in [6, 6.07) is 8.21. The zero-order valence-corrected chi connectivity index (χ0v) is 13.2. The molecule has 1 aromatic heterocycles. The molecule has 3 heteroatoms. The second kappa shape index (κ2) is 5.44. The van der Waals surface area contributed by atoms with Gasteiger partial charge in [0.05, 0.1) is 11.6 Å². The highest BCUT2D eigenvalue weighted by atomic mass is 15.1. The number of nitrogens with zero attached hydrogens (tertiary/aromatic N) is 2. The van der Waals surface area contributed by atoms with Gasteiger partial charge >= 0.3 is 0 Å². The van der Waals surface area contributed by atoms with Gasteiger partial charge in [-0.05, 0) is 73.9 Å². The Bertz CT molecular complexity index is 716. The van der Waals surface area contributed by atoms with Crippen molar-refractivity contribution in [3.8, 4) is 6.07 Å². The number of H-pyrrole nitrogens is 1. The summed E-state index contributed by atoms with van der Waals surface area (Å²) in [5, 5.41) is 10.4. The summed E-state index contributed by atoms with van der Waals surface area (Å²) < 4.78 is 0. The molecular weight excluding hydrogens is 270 g/mol. The number of aromatic nitrogens is 1. The third-order valence-electron chi connectivity index (χ3n) is 5.53. The lowest BCUT2D eigenvalue weighted by atomic mass is 9.99. The topological polar surface area (TPSA) is 42.8 Å². The lowest BCUT2D eigenvalue weighted by molar-refractivity contribution is 0.185. The van der Waals surface area contributed by atoms with Crippen LogP contribution in [-0.2, 0) is 0 Å². The van der Waals surface area contributed by atoms with Crippen LogP contribution in [0, 0.1) is 23.2 Å². The second-order valence-corrected chi connectivity index (χ2v) is 7.20. The number of rotatable bonds is 3. The monoisotopic (exact) mass is 293 g/mol. The SMILES string of the molecule is CC1CCN(CC2CC2c2c[nH]c3ccc(C#N)cc23)CC1. The van der Waals surface area contributed by atoms with Crippen LogP contribution in [0.1, 0.15) is 43.2 Å². The van der Waals surface area contributed by atoms with Crippen LogP contribution in [0.15, 0.2) is 24.4 Å². The number of piperidine rings is 1. The van der Waals surface area contributed by atoms with Crippen molar-refractivity contribution in [1.82, 2.24) is 9.88 Å². The van der Waals surface area contributed by atoms with Gasteiger partial charge in [0, 0.05) is 23.6 Å². The van der Waals surface area contributed by atoms with E-state index in [1.54, 1.807) is 0 Å². The van der Waals surface area contributed by atoms with Gasteiger partial charge in [0.2, 0.25) is 0 Å². The molecule has 0 radical (unpaired) electrons. The predicted molar refractivity (Wildman–Crippen MR) is 88.7 cm³/mol. The maximum atomic E-state index is 9.10. The summed E-state index contributed by atoms with van der Waals surface area (Å²) >= 11 is 0. The Balaban J connectivity index is 1.47. The van der Waals surface area contributed by atoms with Crippen molar-refractivity contribution in [2.45, 2.75) is 32.1 Å². The standard InChI is InChI=1S/C19H23N3/c1-13-4-6-22(7-5-13)12-15-9-16(15)18-11-21-19-3-2-14(10-20)8-17(18)19/h2-3,8,11,13,15-16,21H,4-7,9,12H2,1H3. The maximum absolute atomic E-state index is 9.10. The van der Waals surface area contributed by atoms with Crippen LogP contribution in [-0.4, -0.2) is 29.5 Å². The molecule has 4 rings (SSSR count). The highest BCUT2D eigenvalue weighted by molar-refractivity contribution is 5.85. The van der Waals surface area contributed by atoms with Gasteiger partial charge in [-0.3, -0.25) is 0 Å². The Kier molecular flexibility index (Phi) is 3.43. The first kappa shape index (κ1) is 13.8. The summed E-state index contributed by atoms with van der Waals surface area (Å²) in [4.78, 5) is 6.02. The fourth-order valence-corrected chi connectivity index (χ4v) is 3.93. The zero-order chi connectivity index (χ0) is 15.1. The largest absolute Gasteiger partial charge is 0.361 e. The number of aromatic amines is 1. The number of likely N-dealkylation sites (tertiary alicyclic amines) is 1. The van der Waals surface area contributed by atoms with Crippen molar-refractivity contribution >= 4 is 10.9 Å². The van der Waals surface area contributed by atoms with E-state index < -0.39 is 0 Å². The molecule has 0 bridgehead atoms. The summed E-state index contributed by atoms with van der Waals surface area (Å²) in [6.45, 7) is 6.17. The first-order valence-corrected chi connectivity index (χ1v) is 8.48. The summed E-state index contributed by atoms with van der Waals surface area (Å²) in [5.41, 5.74) is 3.34. The van der Waals surface area contributed by atoms with E-state index in [1.165, 1.54) is 49.8 Å². The molecule has 2 aromatic rings. The summed E-state index contributed by atoms with van der Waals surface area (Å²) in [6.07, 6.45) is 6.18. The van der Waals surface area contributed by atoms with Crippen molar-refractivity contribution in [2.75, 3.05) is 19.6 Å². The lowest BCUT2D eigenvalue weighted by Gasteiger charge is -2.30. The van der Waals surface area contributed by atoms with Gasteiger partial charge in [0.15, 0.2) is 0 Å². The highest BCUT2D eigenvalue weighted by Crippen LogP contribution is 2.50. The van der Waals surface area contributed by atoms with Crippen LogP contribution >= 0.6 is 0 Å². The molecule has 2 atom stereocenters. The number of fused-ring (bicyclic) bond motifs is 1. The normalized spacial score (nSPS) is 26.2. The molecule has 0 amide bonds. The molecule has 2 heterocycles. The minimum absolute atomic E-state index is 0.682. The molecule has 1 saturated heterocycles. The Morgan fingerprint density at radius 3 is 2.91 bits per heavy atom. The smallest absolute Gasteiger partial charge is 0.0991 e. The van der Waals surface area contributed by atoms with E-state index in [0.29, 0.717) is 5.92 Å². The third kappa shape index (κ3) is 2.53. The van der Waals surface area contributed by atoms with Gasteiger partial charge < -0.3 is 9.88 Å². The Morgan fingerprint density at radius 2 is 2.14 bits per heavy atom. The van der Waals surface area contributed by atoms with Crippen molar-refractivity contribution in [1.29, 1.82) is 5.26 Å². The van der Waals surface area contributed by atoms with E-state index in [4.69, 9.17) is 5.26 Å². The van der Waals surface area contributed by atoms with Crippen molar-refractivity contribution < 1.29 is 0 Å². The van der Waals surface area contributed by atoms with Gasteiger partial charge in [0.25, 0.3) is 0 Å². The molecule has 1 N–H and O–H groups in total. The third-order valence-corrected chi connectivity index (χ3v) is 5.53. The molecular formula is C19H23N3. The minimum Gasteiger partial charge on any atom is -0.361 e. The Labute approximate surface area is 131 Å². The van der Waals surface area contributed by atoms with Crippen LogP contribution in [0.25, 0.3) is 10.9 Å². The summed E-state index contributed by atoms with van der Waals surface area (Å²) in [7, 11) is 0. The Morgan fingerprint density at radius 1 is 1.32 bits per heavy atom. The van der Waals surface area contributed by atoms with E-state index >= 15 is 0 Å². The van der Waals surface area contributed by atoms with Crippen LogP contribution < -0.4 is 0 Å². The van der Waals surface area contributed by atoms with E-state index in [1.807, 2.05) is 18.2 Å². The Hall–Kier alpha value is -1.79. The van der Waals surface area contributed by atoms with Gasteiger partial charge in [0.1, 0.15) is 0 Å². The van der Waals surface area contributed by atoms with Crippen LogP contribution in [0.4, 0.5) is 0 Å². The lowest BCUT2D eigenvalue weighted by Crippen LogP contribution is -2.34. The van der Waals surface area contributed by atoms with Crippen LogP contribution in [0.5, 0.6) is 0 Å². The molecule has 3 nitrogen and oxygen atoms in total. The molecule has 1 saturated carbocycles. The number of benzene rings is 1. The molecule has 0 spiro atoms. The minimum atomic E-state index is 0.682. The fourth-order valence-electron chi connectivity index (χ4n) is 3.93. The molecule has 22 heavy (non-hydrogen) atoms. The quantitative estimate of drug-likeness (QED) is 0.933. The first-order chi connectivity index (χ1) is 10.7. The molecule has 114 valence electrons. The van der Waals surface area contributed by atoms with Gasteiger partial charge in [-0.25, -0.2) is 0 Å². The zero-order valence-electron chi connectivity index (χ0n) is 13.2. The highest BCUT2D eigenvalue weighted by Gasteiger charge is 2.40. The summed E-state index contributed by atoms with van der Waals surface area (Å²) in [5.74, 6) is 2.39. The van der Waals surface area contributed by atoms with E-state index in [9.17, 15) is 0 Å². The molecule has 1 aliphatic carbocycles. The number of hydrogen-bond donors (Lipinski definition) is 1. The molecule has 1 aliphatic heterocycles. The number of hydrogen-bond acceptors (Lipinski definition) is 2. The maximum Gasteiger partial charge on any atom is 0.0991 e. The average Bonchev–Trinajstić information content (AvgIpc) is 3.17. The second-order valence-electron chi connectivity index (χ2n) is 7.20. The molecule has 2 aliphatic rings. The average molecular weight is 293 g/mol. The van der Waals surface area contributed by atoms with Crippen LogP contribution in [0.2, 0.25) is 0 Å². The van der Waals surface area contributed by atoms with Crippen molar-refractivity contribution in [3.05, 3.63) is 35.5 Å².